The van der Waals surface area contributed by atoms with E-state index in [4.69, 9.17) is 27.9 Å². The molecule has 1 amide bonds. The standard InChI is InChI=1S/C19H19Cl2NO2S/c20-15-6-7-17(16(21)12-15)24-13-19(23)22-9-8-18(25-11-10-22)14-4-2-1-3-5-14/h1-7,12,18H,8-11,13H2. The lowest BCUT2D eigenvalue weighted by atomic mass is 10.1. The Morgan fingerprint density at radius 3 is 2.72 bits per heavy atom. The van der Waals surface area contributed by atoms with Crippen LogP contribution in [0.1, 0.15) is 17.2 Å². The summed E-state index contributed by atoms with van der Waals surface area (Å²) in [5.41, 5.74) is 1.32. The van der Waals surface area contributed by atoms with Crippen LogP contribution in [0.4, 0.5) is 0 Å². The van der Waals surface area contributed by atoms with Crippen molar-refractivity contribution in [1.29, 1.82) is 0 Å². The van der Waals surface area contributed by atoms with Crippen LogP contribution >= 0.6 is 35.0 Å². The number of amides is 1. The van der Waals surface area contributed by atoms with E-state index >= 15 is 0 Å². The molecule has 1 atom stereocenters. The minimum Gasteiger partial charge on any atom is -0.482 e. The van der Waals surface area contributed by atoms with Gasteiger partial charge in [0.1, 0.15) is 5.75 Å². The summed E-state index contributed by atoms with van der Waals surface area (Å²) in [4.78, 5) is 14.3. The second-order valence-corrected chi connectivity index (χ2v) is 7.96. The fourth-order valence-electron chi connectivity index (χ4n) is 2.78. The Bertz CT molecular complexity index is 727. The number of hydrogen-bond donors (Lipinski definition) is 0. The van der Waals surface area contributed by atoms with Gasteiger partial charge in [-0.3, -0.25) is 4.79 Å². The molecular formula is C19H19Cl2NO2S. The van der Waals surface area contributed by atoms with Gasteiger partial charge in [-0.2, -0.15) is 11.8 Å². The molecule has 1 saturated heterocycles. The number of carbonyl (C=O) groups excluding carboxylic acids is 1. The molecule has 1 fully saturated rings. The maximum atomic E-state index is 12.5. The Morgan fingerprint density at radius 1 is 1.16 bits per heavy atom. The van der Waals surface area contributed by atoms with Crippen LogP contribution in [0.25, 0.3) is 0 Å². The van der Waals surface area contributed by atoms with E-state index in [0.29, 0.717) is 21.0 Å². The van der Waals surface area contributed by atoms with Gasteiger partial charge in [0.15, 0.2) is 6.61 Å². The molecular weight excluding hydrogens is 377 g/mol. The Hall–Kier alpha value is -1.36. The molecule has 0 spiro atoms. The summed E-state index contributed by atoms with van der Waals surface area (Å²) >= 11 is 13.8. The average Bonchev–Trinajstić information content (AvgIpc) is 2.88. The largest absolute Gasteiger partial charge is 0.482 e. The normalized spacial score (nSPS) is 17.8. The quantitative estimate of drug-likeness (QED) is 0.722. The van der Waals surface area contributed by atoms with Gasteiger partial charge in [-0.25, -0.2) is 0 Å². The Labute approximate surface area is 162 Å². The van der Waals surface area contributed by atoms with Crippen molar-refractivity contribution in [1.82, 2.24) is 4.90 Å². The summed E-state index contributed by atoms with van der Waals surface area (Å²) in [6.07, 6.45) is 0.947. The highest BCUT2D eigenvalue weighted by Gasteiger charge is 2.22. The number of hydrogen-bond acceptors (Lipinski definition) is 3. The number of carbonyl (C=O) groups is 1. The van der Waals surface area contributed by atoms with Crippen molar-refractivity contribution in [3.63, 3.8) is 0 Å². The molecule has 1 heterocycles. The molecule has 1 aliphatic rings. The lowest BCUT2D eigenvalue weighted by Gasteiger charge is -2.20. The maximum Gasteiger partial charge on any atom is 0.260 e. The molecule has 3 rings (SSSR count). The smallest absolute Gasteiger partial charge is 0.260 e. The van der Waals surface area contributed by atoms with E-state index in [1.54, 1.807) is 18.2 Å². The number of rotatable bonds is 4. The minimum absolute atomic E-state index is 0.0119. The molecule has 0 N–H and O–H groups in total. The van der Waals surface area contributed by atoms with Crippen LogP contribution in [0.2, 0.25) is 10.0 Å². The third-order valence-corrected chi connectivity index (χ3v) is 5.97. The first-order valence-electron chi connectivity index (χ1n) is 8.15. The second-order valence-electron chi connectivity index (χ2n) is 5.80. The fourth-order valence-corrected chi connectivity index (χ4v) is 4.47. The summed E-state index contributed by atoms with van der Waals surface area (Å²) < 4.78 is 5.57. The minimum atomic E-state index is -0.0136. The molecule has 1 aliphatic heterocycles. The molecule has 132 valence electrons. The van der Waals surface area contributed by atoms with Crippen molar-refractivity contribution in [2.75, 3.05) is 25.4 Å². The zero-order valence-corrected chi connectivity index (χ0v) is 16.0. The molecule has 2 aromatic carbocycles. The van der Waals surface area contributed by atoms with E-state index < -0.39 is 0 Å². The van der Waals surface area contributed by atoms with Gasteiger partial charge >= 0.3 is 0 Å². The van der Waals surface area contributed by atoms with Gasteiger partial charge in [0.25, 0.3) is 5.91 Å². The first kappa shape index (κ1) is 18.4. The van der Waals surface area contributed by atoms with Crippen LogP contribution in [0, 0.1) is 0 Å². The Balaban J connectivity index is 1.54. The van der Waals surface area contributed by atoms with Gasteiger partial charge in [-0.05, 0) is 30.2 Å². The van der Waals surface area contributed by atoms with Crippen molar-refractivity contribution in [3.05, 3.63) is 64.1 Å². The molecule has 0 aromatic heterocycles. The van der Waals surface area contributed by atoms with Crippen molar-refractivity contribution < 1.29 is 9.53 Å². The van der Waals surface area contributed by atoms with Gasteiger partial charge in [0.05, 0.1) is 5.02 Å². The van der Waals surface area contributed by atoms with Gasteiger partial charge < -0.3 is 9.64 Å². The summed E-state index contributed by atoms with van der Waals surface area (Å²) in [6.45, 7) is 1.47. The summed E-state index contributed by atoms with van der Waals surface area (Å²) in [5.74, 6) is 1.39. The monoisotopic (exact) mass is 395 g/mol. The number of nitrogens with zero attached hydrogens (tertiary/aromatic N) is 1. The molecule has 2 aromatic rings. The lowest BCUT2D eigenvalue weighted by molar-refractivity contribution is -0.133. The molecule has 0 radical (unpaired) electrons. The molecule has 0 bridgehead atoms. The Kier molecular flexibility index (Phi) is 6.51. The van der Waals surface area contributed by atoms with E-state index in [-0.39, 0.29) is 12.5 Å². The summed E-state index contributed by atoms with van der Waals surface area (Å²) in [7, 11) is 0. The van der Waals surface area contributed by atoms with Crippen LogP contribution in [0.15, 0.2) is 48.5 Å². The molecule has 1 unspecified atom stereocenters. The highest BCUT2D eigenvalue weighted by molar-refractivity contribution is 7.99. The Morgan fingerprint density at radius 2 is 1.96 bits per heavy atom. The predicted molar refractivity (Wildman–Crippen MR) is 105 cm³/mol. The van der Waals surface area contributed by atoms with E-state index in [9.17, 15) is 4.79 Å². The summed E-state index contributed by atoms with van der Waals surface area (Å²) in [5, 5.41) is 1.39. The van der Waals surface area contributed by atoms with Crippen molar-refractivity contribution in [3.8, 4) is 5.75 Å². The van der Waals surface area contributed by atoms with Crippen molar-refractivity contribution in [2.24, 2.45) is 0 Å². The molecule has 6 heteroatoms. The average molecular weight is 396 g/mol. The zero-order chi connectivity index (χ0) is 17.6. The van der Waals surface area contributed by atoms with Gasteiger partial charge in [-0.1, -0.05) is 53.5 Å². The molecule has 0 aliphatic carbocycles. The first-order chi connectivity index (χ1) is 12.1. The third-order valence-electron chi connectivity index (χ3n) is 4.11. The maximum absolute atomic E-state index is 12.5. The van der Waals surface area contributed by atoms with Crippen LogP contribution in [-0.4, -0.2) is 36.3 Å². The number of ether oxygens (including phenoxy) is 1. The topological polar surface area (TPSA) is 29.5 Å². The summed E-state index contributed by atoms with van der Waals surface area (Å²) in [6, 6.07) is 15.4. The van der Waals surface area contributed by atoms with E-state index in [0.717, 1.165) is 25.3 Å². The number of halogens is 2. The van der Waals surface area contributed by atoms with E-state index in [1.165, 1.54) is 5.56 Å². The number of thioether (sulfide) groups is 1. The first-order valence-corrected chi connectivity index (χ1v) is 9.96. The lowest BCUT2D eigenvalue weighted by Crippen LogP contribution is -2.36. The van der Waals surface area contributed by atoms with Crippen LogP contribution in [0.3, 0.4) is 0 Å². The third kappa shape index (κ3) is 5.06. The van der Waals surface area contributed by atoms with Gasteiger partial charge in [0, 0.05) is 29.1 Å². The molecule has 3 nitrogen and oxygen atoms in total. The highest BCUT2D eigenvalue weighted by Crippen LogP contribution is 2.34. The van der Waals surface area contributed by atoms with Crippen LogP contribution in [0.5, 0.6) is 5.75 Å². The SMILES string of the molecule is O=C(COc1ccc(Cl)cc1Cl)N1CCSC(c2ccccc2)CC1. The fraction of sp³-hybridized carbons (Fsp3) is 0.316. The second kappa shape index (κ2) is 8.84. The van der Waals surface area contributed by atoms with Crippen molar-refractivity contribution >= 4 is 40.9 Å². The zero-order valence-electron chi connectivity index (χ0n) is 13.7. The number of benzene rings is 2. The molecule has 25 heavy (non-hydrogen) atoms. The predicted octanol–water partition coefficient (Wildman–Crippen LogP) is 5.08. The van der Waals surface area contributed by atoms with Crippen LogP contribution in [-0.2, 0) is 4.79 Å². The van der Waals surface area contributed by atoms with Gasteiger partial charge in [-0.15, -0.1) is 0 Å². The van der Waals surface area contributed by atoms with E-state index in [1.807, 2.05) is 22.7 Å². The van der Waals surface area contributed by atoms with Crippen molar-refractivity contribution in [2.45, 2.75) is 11.7 Å². The molecule has 0 saturated carbocycles. The van der Waals surface area contributed by atoms with E-state index in [2.05, 4.69) is 24.3 Å². The van der Waals surface area contributed by atoms with Crippen LogP contribution < -0.4 is 4.74 Å². The van der Waals surface area contributed by atoms with Gasteiger partial charge in [0.2, 0.25) is 0 Å². The highest BCUT2D eigenvalue weighted by atomic mass is 35.5.